The fourth-order valence-electron chi connectivity index (χ4n) is 2.94. The smallest absolute Gasteiger partial charge is 0.291 e. The summed E-state index contributed by atoms with van der Waals surface area (Å²) in [5.41, 5.74) is 0.670. The average Bonchev–Trinajstić information content (AvgIpc) is 3.15. The Balaban J connectivity index is 1.67. The first-order valence-electron chi connectivity index (χ1n) is 8.04. The first kappa shape index (κ1) is 16.5. The molecule has 1 amide bonds. The summed E-state index contributed by atoms with van der Waals surface area (Å²) in [6, 6.07) is 7.91. The van der Waals surface area contributed by atoms with Crippen molar-refractivity contribution >= 4 is 5.91 Å². The van der Waals surface area contributed by atoms with Crippen LogP contribution < -0.4 is 4.74 Å². The molecule has 0 saturated carbocycles. The molecule has 1 aliphatic rings. The van der Waals surface area contributed by atoms with Crippen molar-refractivity contribution in [3.8, 4) is 5.75 Å². The van der Waals surface area contributed by atoms with Crippen LogP contribution in [0.4, 0.5) is 0 Å². The highest BCUT2D eigenvalue weighted by Gasteiger charge is 2.39. The summed E-state index contributed by atoms with van der Waals surface area (Å²) >= 11 is 0. The number of benzene rings is 1. The van der Waals surface area contributed by atoms with E-state index in [1.54, 1.807) is 12.0 Å². The molecule has 3 rings (SSSR count). The Labute approximate surface area is 141 Å². The largest absolute Gasteiger partial charge is 0.491 e. The Morgan fingerprint density at radius 2 is 2.17 bits per heavy atom. The second kappa shape index (κ2) is 7.05. The van der Waals surface area contributed by atoms with Crippen molar-refractivity contribution in [3.63, 3.8) is 0 Å². The molecule has 0 spiro atoms. The zero-order chi connectivity index (χ0) is 17.0. The van der Waals surface area contributed by atoms with E-state index >= 15 is 0 Å². The maximum absolute atomic E-state index is 12.5. The lowest BCUT2D eigenvalue weighted by Gasteiger charge is -2.41. The van der Waals surface area contributed by atoms with Crippen molar-refractivity contribution in [2.75, 3.05) is 26.8 Å². The van der Waals surface area contributed by atoms with E-state index in [4.69, 9.17) is 13.9 Å². The summed E-state index contributed by atoms with van der Waals surface area (Å²) in [5.74, 6) is 0.890. The lowest BCUT2D eigenvalue weighted by molar-refractivity contribution is -0.0828. The number of hydrogen-bond donors (Lipinski definition) is 0. The van der Waals surface area contributed by atoms with Gasteiger partial charge in [-0.3, -0.25) is 4.79 Å². The molecular weight excluding hydrogens is 308 g/mol. The number of hydrogen-bond acceptors (Lipinski definition) is 5. The van der Waals surface area contributed by atoms with Crippen molar-refractivity contribution in [1.29, 1.82) is 0 Å². The van der Waals surface area contributed by atoms with Crippen molar-refractivity contribution in [2.24, 2.45) is 0 Å². The molecule has 1 aromatic carbocycles. The van der Waals surface area contributed by atoms with Crippen LogP contribution in [0.25, 0.3) is 0 Å². The van der Waals surface area contributed by atoms with Gasteiger partial charge in [0.15, 0.2) is 6.39 Å². The first-order chi connectivity index (χ1) is 11.6. The summed E-state index contributed by atoms with van der Waals surface area (Å²) in [6.07, 6.45) is 4.40. The second-order valence-electron chi connectivity index (χ2n) is 6.18. The van der Waals surface area contributed by atoms with Gasteiger partial charge in [-0.25, -0.2) is 4.98 Å². The lowest BCUT2D eigenvalue weighted by atomic mass is 9.93. The van der Waals surface area contributed by atoms with Crippen LogP contribution in [-0.2, 0) is 4.74 Å². The summed E-state index contributed by atoms with van der Waals surface area (Å²) in [6.45, 7) is 3.57. The number of aromatic nitrogens is 1. The van der Waals surface area contributed by atoms with E-state index in [1.807, 2.05) is 31.2 Å². The van der Waals surface area contributed by atoms with Gasteiger partial charge in [0.2, 0.25) is 5.76 Å². The minimum Gasteiger partial charge on any atom is -0.491 e. The lowest BCUT2D eigenvalue weighted by Crippen LogP contribution is -2.54. The van der Waals surface area contributed by atoms with E-state index in [2.05, 4.69) is 4.98 Å². The third-order valence-electron chi connectivity index (χ3n) is 4.43. The number of aryl methyl sites for hydroxylation is 1. The monoisotopic (exact) mass is 330 g/mol. The van der Waals surface area contributed by atoms with Gasteiger partial charge in [-0.1, -0.05) is 17.7 Å². The molecule has 6 heteroatoms. The predicted molar refractivity (Wildman–Crippen MR) is 88.1 cm³/mol. The molecule has 2 aromatic rings. The Hall–Kier alpha value is -2.34. The van der Waals surface area contributed by atoms with Gasteiger partial charge in [0.1, 0.15) is 18.0 Å². The number of ether oxygens (including phenoxy) is 2. The van der Waals surface area contributed by atoms with Gasteiger partial charge in [-0.2, -0.15) is 0 Å². The molecule has 1 saturated heterocycles. The van der Waals surface area contributed by atoms with Crippen LogP contribution in [0.5, 0.6) is 5.75 Å². The Morgan fingerprint density at radius 1 is 1.38 bits per heavy atom. The number of amides is 1. The number of likely N-dealkylation sites (tertiary alicyclic amines) is 1. The van der Waals surface area contributed by atoms with E-state index in [0.717, 1.165) is 18.6 Å². The fraction of sp³-hybridized carbons (Fsp3) is 0.444. The van der Waals surface area contributed by atoms with Crippen molar-refractivity contribution in [3.05, 3.63) is 48.2 Å². The summed E-state index contributed by atoms with van der Waals surface area (Å²) < 4.78 is 16.8. The third kappa shape index (κ3) is 3.59. The predicted octanol–water partition coefficient (Wildman–Crippen LogP) is 2.68. The van der Waals surface area contributed by atoms with Gasteiger partial charge in [0, 0.05) is 13.7 Å². The Morgan fingerprint density at radius 3 is 2.83 bits per heavy atom. The van der Waals surface area contributed by atoms with Crippen LogP contribution in [0.3, 0.4) is 0 Å². The number of methoxy groups -OCH3 is 1. The molecule has 6 nitrogen and oxygen atoms in total. The summed E-state index contributed by atoms with van der Waals surface area (Å²) in [7, 11) is 1.67. The van der Waals surface area contributed by atoms with Crippen LogP contribution in [0, 0.1) is 6.92 Å². The average molecular weight is 330 g/mol. The summed E-state index contributed by atoms with van der Waals surface area (Å²) in [4.78, 5) is 18.0. The highest BCUT2D eigenvalue weighted by molar-refractivity contribution is 5.91. The van der Waals surface area contributed by atoms with Gasteiger partial charge in [-0.05, 0) is 31.9 Å². The molecule has 2 heterocycles. The van der Waals surface area contributed by atoms with Crippen LogP contribution in [0.15, 0.2) is 41.3 Å². The Bertz CT molecular complexity index is 669. The number of piperidine rings is 1. The molecule has 128 valence electrons. The van der Waals surface area contributed by atoms with Gasteiger partial charge < -0.3 is 18.8 Å². The van der Waals surface area contributed by atoms with Crippen LogP contribution in [0.2, 0.25) is 0 Å². The highest BCUT2D eigenvalue weighted by Crippen LogP contribution is 2.27. The third-order valence-corrected chi connectivity index (χ3v) is 4.43. The Kier molecular flexibility index (Phi) is 4.85. The number of rotatable bonds is 5. The van der Waals surface area contributed by atoms with Crippen LogP contribution in [0.1, 0.15) is 29.0 Å². The van der Waals surface area contributed by atoms with E-state index in [0.29, 0.717) is 19.7 Å². The molecule has 0 bridgehead atoms. The SMILES string of the molecule is CO[C@@]1(COc2ccc(C)cc2)CCCN(C(=O)c2cnco2)C1. The molecule has 0 N–H and O–H groups in total. The van der Waals surface area contributed by atoms with Crippen molar-refractivity contribution < 1.29 is 18.7 Å². The van der Waals surface area contributed by atoms with Gasteiger partial charge in [-0.15, -0.1) is 0 Å². The molecular formula is C18H22N2O4. The van der Waals surface area contributed by atoms with E-state index in [1.165, 1.54) is 18.2 Å². The maximum Gasteiger partial charge on any atom is 0.291 e. The quantitative estimate of drug-likeness (QED) is 0.843. The summed E-state index contributed by atoms with van der Waals surface area (Å²) in [5, 5.41) is 0. The van der Waals surface area contributed by atoms with Gasteiger partial charge in [0.25, 0.3) is 5.91 Å². The number of carbonyl (C=O) groups is 1. The second-order valence-corrected chi connectivity index (χ2v) is 6.18. The molecule has 1 atom stereocenters. The molecule has 1 fully saturated rings. The highest BCUT2D eigenvalue weighted by atomic mass is 16.5. The molecule has 0 unspecified atom stereocenters. The minimum absolute atomic E-state index is 0.163. The topological polar surface area (TPSA) is 64.8 Å². The number of nitrogens with zero attached hydrogens (tertiary/aromatic N) is 2. The number of carbonyl (C=O) groups excluding carboxylic acids is 1. The van der Waals surface area contributed by atoms with Crippen LogP contribution >= 0.6 is 0 Å². The van der Waals surface area contributed by atoms with E-state index in [-0.39, 0.29) is 11.7 Å². The molecule has 1 aliphatic heterocycles. The number of oxazole rings is 1. The standard InChI is InChI=1S/C18H22N2O4/c1-14-4-6-15(7-5-14)23-12-18(22-2)8-3-9-20(11-18)17(21)16-10-19-13-24-16/h4-7,10,13H,3,8-9,11-12H2,1-2H3/t18-/m0/s1. The molecule has 0 aliphatic carbocycles. The van der Waals surface area contributed by atoms with E-state index < -0.39 is 5.60 Å². The van der Waals surface area contributed by atoms with Crippen molar-refractivity contribution in [1.82, 2.24) is 9.88 Å². The van der Waals surface area contributed by atoms with E-state index in [9.17, 15) is 4.79 Å². The first-order valence-corrected chi connectivity index (χ1v) is 8.04. The van der Waals surface area contributed by atoms with Crippen molar-refractivity contribution in [2.45, 2.75) is 25.4 Å². The zero-order valence-corrected chi connectivity index (χ0v) is 14.0. The fourth-order valence-corrected chi connectivity index (χ4v) is 2.94. The normalized spacial score (nSPS) is 20.8. The zero-order valence-electron chi connectivity index (χ0n) is 14.0. The minimum atomic E-state index is -0.515. The molecule has 1 aromatic heterocycles. The maximum atomic E-state index is 12.5. The van der Waals surface area contributed by atoms with Crippen LogP contribution in [-0.4, -0.2) is 48.2 Å². The molecule has 0 radical (unpaired) electrons. The molecule has 24 heavy (non-hydrogen) atoms. The van der Waals surface area contributed by atoms with Gasteiger partial charge >= 0.3 is 0 Å². The van der Waals surface area contributed by atoms with Gasteiger partial charge in [0.05, 0.1) is 12.7 Å².